The summed E-state index contributed by atoms with van der Waals surface area (Å²) in [5.74, 6) is 0. The third-order valence-corrected chi connectivity index (χ3v) is 3.84. The summed E-state index contributed by atoms with van der Waals surface area (Å²) < 4.78 is 0. The van der Waals surface area contributed by atoms with Gasteiger partial charge in [0, 0.05) is 37.1 Å². The van der Waals surface area contributed by atoms with Gasteiger partial charge in [0.15, 0.2) is 0 Å². The molecule has 4 heteroatoms. The Bertz CT molecular complexity index is 299. The normalized spacial score (nSPS) is 28.1. The van der Waals surface area contributed by atoms with Gasteiger partial charge in [-0.25, -0.2) is 4.98 Å². The Balaban J connectivity index is 1.93. The molecule has 0 saturated carbocycles. The third kappa shape index (κ3) is 2.77. The number of rotatable bonds is 3. The van der Waals surface area contributed by atoms with E-state index in [-0.39, 0.29) is 5.54 Å². The maximum absolute atomic E-state index is 4.34. The molecule has 1 aromatic heterocycles. The summed E-state index contributed by atoms with van der Waals surface area (Å²) in [5, 5.41) is 5.74. The molecule has 3 nitrogen and oxygen atoms in total. The monoisotopic (exact) mass is 225 g/mol. The van der Waals surface area contributed by atoms with Crippen LogP contribution >= 0.6 is 11.3 Å². The lowest BCUT2D eigenvalue weighted by Crippen LogP contribution is -2.58. The molecule has 1 aliphatic rings. The number of nitrogens with one attached hydrogen (secondary N) is 1. The zero-order valence-electron chi connectivity index (χ0n) is 9.49. The lowest BCUT2D eigenvalue weighted by Gasteiger charge is -2.40. The van der Waals surface area contributed by atoms with E-state index in [1.165, 1.54) is 12.1 Å². The zero-order valence-corrected chi connectivity index (χ0v) is 10.3. The van der Waals surface area contributed by atoms with Crippen molar-refractivity contribution in [3.8, 4) is 0 Å². The predicted molar refractivity (Wildman–Crippen MR) is 64.1 cm³/mol. The maximum Gasteiger partial charge on any atom is 0.0795 e. The molecule has 1 N–H and O–H groups in total. The average molecular weight is 225 g/mol. The number of aromatic nitrogens is 1. The van der Waals surface area contributed by atoms with Crippen LogP contribution in [-0.2, 0) is 6.54 Å². The van der Waals surface area contributed by atoms with Gasteiger partial charge in [-0.15, -0.1) is 11.3 Å². The SMILES string of the molecule is CCC1(C)CN(Cc2cscn2)CCN1. The molecule has 1 fully saturated rings. The summed E-state index contributed by atoms with van der Waals surface area (Å²) in [7, 11) is 0. The molecule has 0 radical (unpaired) electrons. The Morgan fingerprint density at radius 1 is 1.67 bits per heavy atom. The minimum atomic E-state index is 0.286. The van der Waals surface area contributed by atoms with Crippen LogP contribution in [0.15, 0.2) is 10.9 Å². The van der Waals surface area contributed by atoms with Crippen LogP contribution in [0.3, 0.4) is 0 Å². The van der Waals surface area contributed by atoms with E-state index in [2.05, 4.69) is 34.4 Å². The van der Waals surface area contributed by atoms with Crippen molar-refractivity contribution in [1.82, 2.24) is 15.2 Å². The lowest BCUT2D eigenvalue weighted by molar-refractivity contribution is 0.132. The fourth-order valence-corrected chi connectivity index (χ4v) is 2.61. The van der Waals surface area contributed by atoms with E-state index in [9.17, 15) is 0 Å². The molecular weight excluding hydrogens is 206 g/mol. The minimum Gasteiger partial charge on any atom is -0.309 e. The lowest BCUT2D eigenvalue weighted by atomic mass is 9.96. The highest BCUT2D eigenvalue weighted by molar-refractivity contribution is 7.07. The van der Waals surface area contributed by atoms with Crippen LogP contribution < -0.4 is 5.32 Å². The molecule has 0 bridgehead atoms. The Hall–Kier alpha value is -0.450. The van der Waals surface area contributed by atoms with Crippen LogP contribution in [0.4, 0.5) is 0 Å². The first-order valence-corrected chi connectivity index (χ1v) is 6.50. The van der Waals surface area contributed by atoms with Crippen LogP contribution in [0.25, 0.3) is 0 Å². The second kappa shape index (κ2) is 4.60. The van der Waals surface area contributed by atoms with Gasteiger partial charge in [-0.3, -0.25) is 4.90 Å². The molecule has 0 aromatic carbocycles. The summed E-state index contributed by atoms with van der Waals surface area (Å²) in [4.78, 5) is 6.84. The van der Waals surface area contributed by atoms with Gasteiger partial charge in [0.05, 0.1) is 11.2 Å². The van der Waals surface area contributed by atoms with Crippen molar-refractivity contribution in [2.24, 2.45) is 0 Å². The molecule has 15 heavy (non-hydrogen) atoms. The fraction of sp³-hybridized carbons (Fsp3) is 0.727. The second-order valence-corrected chi connectivity index (χ2v) is 5.25. The summed E-state index contributed by atoms with van der Waals surface area (Å²) in [6.45, 7) is 8.91. The summed E-state index contributed by atoms with van der Waals surface area (Å²) in [6, 6.07) is 0. The molecule has 2 rings (SSSR count). The Labute approximate surface area is 95.5 Å². The quantitative estimate of drug-likeness (QED) is 0.849. The smallest absolute Gasteiger partial charge is 0.0795 e. The minimum absolute atomic E-state index is 0.286. The van der Waals surface area contributed by atoms with Crippen LogP contribution in [0.5, 0.6) is 0 Å². The van der Waals surface area contributed by atoms with Crippen molar-refractivity contribution < 1.29 is 0 Å². The van der Waals surface area contributed by atoms with E-state index in [1.807, 2.05) is 5.51 Å². The van der Waals surface area contributed by atoms with E-state index in [0.717, 1.165) is 26.2 Å². The van der Waals surface area contributed by atoms with Crippen molar-refractivity contribution in [2.75, 3.05) is 19.6 Å². The zero-order chi connectivity index (χ0) is 10.7. The number of piperazine rings is 1. The maximum atomic E-state index is 4.34. The highest BCUT2D eigenvalue weighted by Crippen LogP contribution is 2.17. The summed E-state index contributed by atoms with van der Waals surface area (Å²) in [6.07, 6.45) is 1.18. The molecular formula is C11H19N3S. The van der Waals surface area contributed by atoms with E-state index < -0.39 is 0 Å². The van der Waals surface area contributed by atoms with Gasteiger partial charge in [0.2, 0.25) is 0 Å². The molecule has 1 aliphatic heterocycles. The van der Waals surface area contributed by atoms with Crippen molar-refractivity contribution in [2.45, 2.75) is 32.4 Å². The van der Waals surface area contributed by atoms with Crippen molar-refractivity contribution in [1.29, 1.82) is 0 Å². The fourth-order valence-electron chi connectivity index (χ4n) is 2.06. The topological polar surface area (TPSA) is 28.2 Å². The van der Waals surface area contributed by atoms with Gasteiger partial charge in [-0.05, 0) is 13.3 Å². The molecule has 1 atom stereocenters. The highest BCUT2D eigenvalue weighted by Gasteiger charge is 2.28. The number of hydrogen-bond donors (Lipinski definition) is 1. The van der Waals surface area contributed by atoms with E-state index in [0.29, 0.717) is 0 Å². The van der Waals surface area contributed by atoms with Gasteiger partial charge in [-0.2, -0.15) is 0 Å². The van der Waals surface area contributed by atoms with Gasteiger partial charge < -0.3 is 5.32 Å². The molecule has 1 aromatic rings. The number of nitrogens with zero attached hydrogens (tertiary/aromatic N) is 2. The van der Waals surface area contributed by atoms with Gasteiger partial charge >= 0.3 is 0 Å². The van der Waals surface area contributed by atoms with Gasteiger partial charge in [0.1, 0.15) is 0 Å². The first kappa shape index (κ1) is 11.0. The summed E-state index contributed by atoms with van der Waals surface area (Å²) in [5.41, 5.74) is 3.41. The van der Waals surface area contributed by atoms with Crippen molar-refractivity contribution >= 4 is 11.3 Å². The van der Waals surface area contributed by atoms with Crippen LogP contribution in [0.1, 0.15) is 26.0 Å². The second-order valence-electron chi connectivity index (χ2n) is 4.53. The van der Waals surface area contributed by atoms with E-state index >= 15 is 0 Å². The molecule has 84 valence electrons. The Morgan fingerprint density at radius 3 is 3.20 bits per heavy atom. The van der Waals surface area contributed by atoms with E-state index in [1.54, 1.807) is 11.3 Å². The average Bonchev–Trinajstić information content (AvgIpc) is 2.71. The largest absolute Gasteiger partial charge is 0.309 e. The van der Waals surface area contributed by atoms with Gasteiger partial charge in [0.25, 0.3) is 0 Å². The summed E-state index contributed by atoms with van der Waals surface area (Å²) >= 11 is 1.68. The number of thiazole rings is 1. The first-order chi connectivity index (χ1) is 7.22. The highest BCUT2D eigenvalue weighted by atomic mass is 32.1. The van der Waals surface area contributed by atoms with Crippen molar-refractivity contribution in [3.63, 3.8) is 0 Å². The third-order valence-electron chi connectivity index (χ3n) is 3.20. The van der Waals surface area contributed by atoms with Crippen molar-refractivity contribution in [3.05, 3.63) is 16.6 Å². The van der Waals surface area contributed by atoms with Gasteiger partial charge in [-0.1, -0.05) is 6.92 Å². The van der Waals surface area contributed by atoms with Crippen LogP contribution in [0, 0.1) is 0 Å². The molecule has 0 aliphatic carbocycles. The molecule has 2 heterocycles. The number of hydrogen-bond acceptors (Lipinski definition) is 4. The molecule has 1 unspecified atom stereocenters. The molecule has 1 saturated heterocycles. The standard InChI is InChI=1S/C11H19N3S/c1-3-11(2)8-14(5-4-13-11)6-10-7-15-9-12-10/h7,9,13H,3-6,8H2,1-2H3. The van der Waals surface area contributed by atoms with E-state index in [4.69, 9.17) is 0 Å². The van der Waals surface area contributed by atoms with Crippen LogP contribution in [0.2, 0.25) is 0 Å². The Morgan fingerprint density at radius 2 is 2.53 bits per heavy atom. The molecule has 0 spiro atoms. The van der Waals surface area contributed by atoms with Crippen LogP contribution in [-0.4, -0.2) is 35.1 Å². The first-order valence-electron chi connectivity index (χ1n) is 5.56. The predicted octanol–water partition coefficient (Wildman–Crippen LogP) is 1.72. The molecule has 0 amide bonds. The Kier molecular flexibility index (Phi) is 3.38.